The van der Waals surface area contributed by atoms with E-state index in [1.165, 1.54) is 18.2 Å². The lowest BCUT2D eigenvalue weighted by molar-refractivity contribution is 0.553. The number of hydrogen-bond acceptors (Lipinski definition) is 3. The van der Waals surface area contributed by atoms with Crippen LogP contribution in [0.3, 0.4) is 0 Å². The first-order valence-electron chi connectivity index (χ1n) is 8.11. The van der Waals surface area contributed by atoms with Gasteiger partial charge in [0.05, 0.1) is 11.5 Å². The molecule has 25 heavy (non-hydrogen) atoms. The zero-order valence-electron chi connectivity index (χ0n) is 13.8. The summed E-state index contributed by atoms with van der Waals surface area (Å²) in [6.07, 6.45) is 1.16. The Kier molecular flexibility index (Phi) is 6.63. The van der Waals surface area contributed by atoms with Crippen LogP contribution in [0.4, 0.5) is 8.78 Å². The van der Waals surface area contributed by atoms with Gasteiger partial charge in [0.25, 0.3) is 0 Å². The second-order valence-corrected chi connectivity index (χ2v) is 8.52. The highest BCUT2D eigenvalue weighted by molar-refractivity contribution is 14.0. The van der Waals surface area contributed by atoms with Crippen molar-refractivity contribution in [1.29, 1.82) is 0 Å². The Bertz CT molecular complexity index is 737. The minimum atomic E-state index is -2.98. The first kappa shape index (κ1) is 20.3. The summed E-state index contributed by atoms with van der Waals surface area (Å²) in [4.78, 5) is 4.30. The van der Waals surface area contributed by atoms with Gasteiger partial charge in [-0.15, -0.1) is 24.0 Å². The summed E-state index contributed by atoms with van der Waals surface area (Å²) in [5.74, 6) is -0.531. The summed E-state index contributed by atoms with van der Waals surface area (Å²) < 4.78 is 50.8. The van der Waals surface area contributed by atoms with E-state index in [1.54, 1.807) is 0 Å². The smallest absolute Gasteiger partial charge is 0.191 e. The molecule has 3 unspecified atom stereocenters. The van der Waals surface area contributed by atoms with Crippen molar-refractivity contribution in [1.82, 2.24) is 10.6 Å². The average molecular weight is 485 g/mol. The van der Waals surface area contributed by atoms with Crippen LogP contribution in [0.5, 0.6) is 0 Å². The maximum atomic E-state index is 13.8. The van der Waals surface area contributed by atoms with E-state index in [0.717, 1.165) is 0 Å². The minimum absolute atomic E-state index is 0. The number of benzene rings is 1. The predicted molar refractivity (Wildman–Crippen MR) is 104 cm³/mol. The molecule has 1 heterocycles. The van der Waals surface area contributed by atoms with Crippen molar-refractivity contribution in [3.8, 4) is 0 Å². The Morgan fingerprint density at radius 1 is 1.28 bits per heavy atom. The van der Waals surface area contributed by atoms with Crippen molar-refractivity contribution in [2.24, 2.45) is 4.99 Å². The number of aliphatic imine (C=N–C) groups is 1. The van der Waals surface area contributed by atoms with E-state index < -0.39 is 21.5 Å². The number of guanidine groups is 1. The van der Waals surface area contributed by atoms with E-state index in [-0.39, 0.29) is 59.0 Å². The number of rotatable bonds is 4. The zero-order valence-corrected chi connectivity index (χ0v) is 17.0. The van der Waals surface area contributed by atoms with Crippen LogP contribution in [-0.4, -0.2) is 44.5 Å². The Morgan fingerprint density at radius 2 is 1.96 bits per heavy atom. The molecule has 2 fully saturated rings. The van der Waals surface area contributed by atoms with Crippen LogP contribution in [-0.2, 0) is 9.84 Å². The number of nitrogens with zero attached hydrogens (tertiary/aromatic N) is 1. The summed E-state index contributed by atoms with van der Waals surface area (Å²) in [6, 6.07) is 3.60. The third-order valence-corrected chi connectivity index (χ3v) is 6.14. The van der Waals surface area contributed by atoms with E-state index >= 15 is 0 Å². The quantitative estimate of drug-likeness (QED) is 0.390. The van der Waals surface area contributed by atoms with Crippen molar-refractivity contribution in [3.05, 3.63) is 35.4 Å². The van der Waals surface area contributed by atoms with Crippen molar-refractivity contribution < 1.29 is 17.2 Å². The molecule has 5 nitrogen and oxygen atoms in total. The summed E-state index contributed by atoms with van der Waals surface area (Å²) in [7, 11) is -2.98. The Balaban J connectivity index is 0.00000225. The Labute approximate surface area is 163 Å². The second kappa shape index (κ2) is 8.15. The van der Waals surface area contributed by atoms with Crippen LogP contribution in [0.15, 0.2) is 23.2 Å². The van der Waals surface area contributed by atoms with Gasteiger partial charge in [-0.2, -0.15) is 0 Å². The highest BCUT2D eigenvalue weighted by Crippen LogP contribution is 2.43. The first-order chi connectivity index (χ1) is 11.4. The lowest BCUT2D eigenvalue weighted by Gasteiger charge is -2.16. The molecule has 1 aliphatic heterocycles. The Hall–Kier alpha value is -0.970. The third kappa shape index (κ3) is 5.02. The Morgan fingerprint density at radius 3 is 2.52 bits per heavy atom. The van der Waals surface area contributed by atoms with Gasteiger partial charge in [0.2, 0.25) is 0 Å². The average Bonchev–Trinajstić information content (AvgIpc) is 3.14. The van der Waals surface area contributed by atoms with Gasteiger partial charge in [0.1, 0.15) is 11.6 Å². The molecule has 0 aromatic heterocycles. The molecular formula is C16H22F2IN3O2S. The molecule has 1 aliphatic carbocycles. The van der Waals surface area contributed by atoms with E-state index in [0.29, 0.717) is 25.3 Å². The molecule has 2 N–H and O–H groups in total. The van der Waals surface area contributed by atoms with Gasteiger partial charge in [0, 0.05) is 30.1 Å². The van der Waals surface area contributed by atoms with Crippen molar-refractivity contribution in [2.75, 3.05) is 18.1 Å². The van der Waals surface area contributed by atoms with Gasteiger partial charge in [-0.3, -0.25) is 4.99 Å². The SMILES string of the molecule is CCN=C(NC1CCS(=O)(=O)C1)NC1CC1c1c(F)cccc1F.I. The topological polar surface area (TPSA) is 70.6 Å². The molecule has 0 bridgehead atoms. The maximum Gasteiger partial charge on any atom is 0.191 e. The molecule has 3 rings (SSSR count). The van der Waals surface area contributed by atoms with Gasteiger partial charge < -0.3 is 10.6 Å². The maximum absolute atomic E-state index is 13.8. The number of halogens is 3. The molecule has 1 aromatic carbocycles. The van der Waals surface area contributed by atoms with Crippen molar-refractivity contribution in [3.63, 3.8) is 0 Å². The van der Waals surface area contributed by atoms with Gasteiger partial charge in [-0.1, -0.05) is 6.07 Å². The lowest BCUT2D eigenvalue weighted by Crippen LogP contribution is -2.45. The summed E-state index contributed by atoms with van der Waals surface area (Å²) in [5, 5.41) is 6.28. The van der Waals surface area contributed by atoms with E-state index in [9.17, 15) is 17.2 Å². The van der Waals surface area contributed by atoms with Gasteiger partial charge in [0.15, 0.2) is 15.8 Å². The standard InChI is InChI=1S/C16H21F2N3O2S.HI/c1-2-19-16(20-10-6-7-24(22,23)9-10)21-14-8-11(14)15-12(17)4-3-5-13(15)18;/h3-5,10-11,14H,2,6-9H2,1H3,(H2,19,20,21);1H. The van der Waals surface area contributed by atoms with Crippen LogP contribution in [0.1, 0.15) is 31.2 Å². The summed E-state index contributed by atoms with van der Waals surface area (Å²) in [5.41, 5.74) is 0.106. The second-order valence-electron chi connectivity index (χ2n) is 6.30. The van der Waals surface area contributed by atoms with Crippen LogP contribution >= 0.6 is 24.0 Å². The van der Waals surface area contributed by atoms with E-state index in [1.807, 2.05) is 6.92 Å². The van der Waals surface area contributed by atoms with Crippen molar-refractivity contribution in [2.45, 2.75) is 37.8 Å². The van der Waals surface area contributed by atoms with Gasteiger partial charge in [-0.25, -0.2) is 17.2 Å². The zero-order chi connectivity index (χ0) is 17.3. The van der Waals surface area contributed by atoms with Crippen LogP contribution in [0, 0.1) is 11.6 Å². The molecule has 3 atom stereocenters. The number of hydrogen-bond donors (Lipinski definition) is 2. The normalized spacial score (nSPS) is 27.5. The van der Waals surface area contributed by atoms with Gasteiger partial charge >= 0.3 is 0 Å². The molecule has 0 spiro atoms. The van der Waals surface area contributed by atoms with Gasteiger partial charge in [-0.05, 0) is 31.9 Å². The van der Waals surface area contributed by atoms with Crippen molar-refractivity contribution >= 4 is 39.8 Å². The molecule has 2 aliphatic rings. The molecule has 1 saturated carbocycles. The molecular weight excluding hydrogens is 463 g/mol. The fourth-order valence-electron chi connectivity index (χ4n) is 3.11. The van der Waals surface area contributed by atoms with Crippen LogP contribution < -0.4 is 10.6 Å². The van der Waals surface area contributed by atoms with Crippen LogP contribution in [0.25, 0.3) is 0 Å². The fraction of sp³-hybridized carbons (Fsp3) is 0.562. The number of nitrogens with one attached hydrogen (secondary N) is 2. The first-order valence-corrected chi connectivity index (χ1v) is 9.93. The molecule has 1 aromatic rings. The molecule has 0 amide bonds. The lowest BCUT2D eigenvalue weighted by atomic mass is 10.1. The van der Waals surface area contributed by atoms with E-state index in [4.69, 9.17) is 0 Å². The monoisotopic (exact) mass is 485 g/mol. The fourth-order valence-corrected chi connectivity index (χ4v) is 4.78. The third-order valence-electron chi connectivity index (χ3n) is 4.37. The highest BCUT2D eigenvalue weighted by Gasteiger charge is 2.42. The molecule has 1 saturated heterocycles. The molecule has 0 radical (unpaired) electrons. The predicted octanol–water partition coefficient (Wildman–Crippen LogP) is 2.18. The van der Waals surface area contributed by atoms with Crippen LogP contribution in [0.2, 0.25) is 0 Å². The minimum Gasteiger partial charge on any atom is -0.353 e. The summed E-state index contributed by atoms with van der Waals surface area (Å²) in [6.45, 7) is 2.40. The van der Waals surface area contributed by atoms with E-state index in [2.05, 4.69) is 15.6 Å². The largest absolute Gasteiger partial charge is 0.353 e. The highest BCUT2D eigenvalue weighted by atomic mass is 127. The molecule has 9 heteroatoms. The summed E-state index contributed by atoms with van der Waals surface area (Å²) >= 11 is 0. The molecule has 140 valence electrons. The number of sulfone groups is 1.